The van der Waals surface area contributed by atoms with Gasteiger partial charge in [-0.05, 0) is 57.5 Å². The maximum Gasteiger partial charge on any atom is 0.326 e. The fraction of sp³-hybridized carbons (Fsp3) is 0.833. The van der Waals surface area contributed by atoms with Crippen molar-refractivity contribution in [3.05, 3.63) is 0 Å². The van der Waals surface area contributed by atoms with E-state index in [0.29, 0.717) is 38.3 Å². The first-order chi connectivity index (χ1) is 12.0. The number of rotatable bonds is 7. The standard InChI is InChI=1S/C18H31N3O4.ClH/c1-2-15(18(24)25)20-17(23)14-4-3-11-21(12-14)16(22)6-5-13-7-9-19-10-8-13;/h13-15,19H,2-12H2,1H3,(H,20,23)(H,24,25);1H/t14-,15?;/m1./s1. The number of carboxylic acids is 1. The first kappa shape index (κ1) is 22.7. The van der Waals surface area contributed by atoms with Gasteiger partial charge in [0.2, 0.25) is 11.8 Å². The van der Waals surface area contributed by atoms with Gasteiger partial charge in [0.25, 0.3) is 0 Å². The van der Waals surface area contributed by atoms with E-state index in [0.717, 1.165) is 38.8 Å². The smallest absolute Gasteiger partial charge is 0.326 e. The molecule has 2 heterocycles. The number of halogens is 1. The van der Waals surface area contributed by atoms with Crippen molar-refractivity contribution < 1.29 is 19.5 Å². The lowest BCUT2D eigenvalue weighted by atomic mass is 9.92. The third-order valence-corrected chi connectivity index (χ3v) is 5.39. The normalized spacial score (nSPS) is 22.2. The second-order valence-corrected chi connectivity index (χ2v) is 7.22. The van der Waals surface area contributed by atoms with Crippen LogP contribution >= 0.6 is 12.4 Å². The van der Waals surface area contributed by atoms with E-state index >= 15 is 0 Å². The van der Waals surface area contributed by atoms with Crippen LogP contribution in [0.2, 0.25) is 0 Å². The van der Waals surface area contributed by atoms with E-state index < -0.39 is 12.0 Å². The number of carbonyl (C=O) groups is 3. The quantitative estimate of drug-likeness (QED) is 0.611. The zero-order chi connectivity index (χ0) is 18.2. The van der Waals surface area contributed by atoms with Gasteiger partial charge in [0.15, 0.2) is 0 Å². The summed E-state index contributed by atoms with van der Waals surface area (Å²) in [5.74, 6) is -0.812. The van der Waals surface area contributed by atoms with Crippen LogP contribution in [0.3, 0.4) is 0 Å². The van der Waals surface area contributed by atoms with Crippen LogP contribution in [0.4, 0.5) is 0 Å². The first-order valence-electron chi connectivity index (χ1n) is 9.53. The van der Waals surface area contributed by atoms with Crippen LogP contribution < -0.4 is 10.6 Å². The maximum absolute atomic E-state index is 12.5. The highest BCUT2D eigenvalue weighted by molar-refractivity contribution is 5.86. The average Bonchev–Trinajstić information content (AvgIpc) is 2.64. The fourth-order valence-corrected chi connectivity index (χ4v) is 3.70. The molecule has 7 nitrogen and oxygen atoms in total. The zero-order valence-electron chi connectivity index (χ0n) is 15.5. The van der Waals surface area contributed by atoms with Gasteiger partial charge in [-0.2, -0.15) is 0 Å². The summed E-state index contributed by atoms with van der Waals surface area (Å²) in [6, 6.07) is -0.849. The predicted octanol–water partition coefficient (Wildman–Crippen LogP) is 1.41. The lowest BCUT2D eigenvalue weighted by Crippen LogP contribution is -2.49. The molecule has 0 aromatic carbocycles. The summed E-state index contributed by atoms with van der Waals surface area (Å²) < 4.78 is 0. The van der Waals surface area contributed by atoms with Crippen molar-refractivity contribution in [3.8, 4) is 0 Å². The molecule has 3 N–H and O–H groups in total. The maximum atomic E-state index is 12.5. The van der Waals surface area contributed by atoms with Crippen LogP contribution in [-0.2, 0) is 14.4 Å². The second kappa shape index (κ2) is 11.4. The summed E-state index contributed by atoms with van der Waals surface area (Å²) in [6.07, 6.45) is 5.59. The number of hydrogen-bond acceptors (Lipinski definition) is 4. The van der Waals surface area contributed by atoms with E-state index in [9.17, 15) is 14.4 Å². The molecule has 0 aliphatic carbocycles. The Kier molecular flexibility index (Phi) is 9.94. The summed E-state index contributed by atoms with van der Waals surface area (Å²) >= 11 is 0. The number of carboxylic acid groups (broad SMARTS) is 1. The van der Waals surface area contributed by atoms with Gasteiger partial charge in [-0.3, -0.25) is 9.59 Å². The highest BCUT2D eigenvalue weighted by Gasteiger charge is 2.30. The number of nitrogens with zero attached hydrogens (tertiary/aromatic N) is 1. The number of aliphatic carboxylic acids is 1. The zero-order valence-corrected chi connectivity index (χ0v) is 16.4. The second-order valence-electron chi connectivity index (χ2n) is 7.22. The molecule has 8 heteroatoms. The minimum Gasteiger partial charge on any atom is -0.480 e. The van der Waals surface area contributed by atoms with Crippen molar-refractivity contribution >= 4 is 30.2 Å². The Balaban J connectivity index is 0.00000338. The van der Waals surface area contributed by atoms with Gasteiger partial charge in [0.1, 0.15) is 6.04 Å². The van der Waals surface area contributed by atoms with E-state index in [-0.39, 0.29) is 30.1 Å². The molecule has 2 amide bonds. The Morgan fingerprint density at radius 3 is 2.54 bits per heavy atom. The Morgan fingerprint density at radius 1 is 1.23 bits per heavy atom. The molecule has 0 radical (unpaired) electrons. The Bertz CT molecular complexity index is 483. The highest BCUT2D eigenvalue weighted by atomic mass is 35.5. The minimum atomic E-state index is -1.01. The van der Waals surface area contributed by atoms with Gasteiger partial charge in [-0.25, -0.2) is 4.79 Å². The van der Waals surface area contributed by atoms with Crippen molar-refractivity contribution in [2.24, 2.45) is 11.8 Å². The molecule has 2 fully saturated rings. The SMILES string of the molecule is CCC(NC(=O)[C@@H]1CCCN(C(=O)CCC2CCNCC2)C1)C(=O)O.Cl. The number of piperidine rings is 2. The monoisotopic (exact) mass is 389 g/mol. The van der Waals surface area contributed by atoms with Crippen molar-refractivity contribution in [3.63, 3.8) is 0 Å². The molecule has 2 atom stereocenters. The van der Waals surface area contributed by atoms with E-state index in [1.54, 1.807) is 11.8 Å². The van der Waals surface area contributed by atoms with E-state index in [1.165, 1.54) is 0 Å². The van der Waals surface area contributed by atoms with Gasteiger partial charge in [-0.1, -0.05) is 6.92 Å². The Morgan fingerprint density at radius 2 is 1.92 bits per heavy atom. The third-order valence-electron chi connectivity index (χ3n) is 5.39. The van der Waals surface area contributed by atoms with E-state index in [2.05, 4.69) is 10.6 Å². The first-order valence-corrected chi connectivity index (χ1v) is 9.53. The topological polar surface area (TPSA) is 98.7 Å². The van der Waals surface area contributed by atoms with Crippen LogP contribution in [0.15, 0.2) is 0 Å². The molecule has 0 bridgehead atoms. The van der Waals surface area contributed by atoms with Gasteiger partial charge in [0, 0.05) is 19.5 Å². The Hall–Kier alpha value is -1.34. The summed E-state index contributed by atoms with van der Waals surface area (Å²) in [5.41, 5.74) is 0. The van der Waals surface area contributed by atoms with Crippen LogP contribution in [0, 0.1) is 11.8 Å². The van der Waals surface area contributed by atoms with Crippen LogP contribution in [0.5, 0.6) is 0 Å². The number of amides is 2. The molecule has 2 aliphatic heterocycles. The molecular weight excluding hydrogens is 358 g/mol. The van der Waals surface area contributed by atoms with E-state index in [4.69, 9.17) is 5.11 Å². The molecular formula is C18H32ClN3O4. The van der Waals surface area contributed by atoms with Crippen LogP contribution in [0.25, 0.3) is 0 Å². The molecule has 0 saturated carbocycles. The molecule has 2 aliphatic rings. The van der Waals surface area contributed by atoms with Gasteiger partial charge in [-0.15, -0.1) is 12.4 Å². The van der Waals surface area contributed by atoms with Crippen molar-refractivity contribution in [2.45, 2.75) is 57.9 Å². The average molecular weight is 390 g/mol. The van der Waals surface area contributed by atoms with Crippen molar-refractivity contribution in [1.82, 2.24) is 15.5 Å². The number of carbonyl (C=O) groups excluding carboxylic acids is 2. The van der Waals surface area contributed by atoms with Crippen molar-refractivity contribution in [2.75, 3.05) is 26.2 Å². The number of hydrogen-bond donors (Lipinski definition) is 3. The molecule has 0 aromatic heterocycles. The fourth-order valence-electron chi connectivity index (χ4n) is 3.70. The van der Waals surface area contributed by atoms with Gasteiger partial charge in [0.05, 0.1) is 5.92 Å². The van der Waals surface area contributed by atoms with Crippen LogP contribution in [0.1, 0.15) is 51.9 Å². The largest absolute Gasteiger partial charge is 0.480 e. The summed E-state index contributed by atoms with van der Waals surface area (Å²) in [7, 11) is 0. The summed E-state index contributed by atoms with van der Waals surface area (Å²) in [5, 5.41) is 15.0. The molecule has 26 heavy (non-hydrogen) atoms. The lowest BCUT2D eigenvalue weighted by Gasteiger charge is -2.33. The van der Waals surface area contributed by atoms with Crippen molar-refractivity contribution in [1.29, 1.82) is 0 Å². The molecule has 0 spiro atoms. The predicted molar refractivity (Wildman–Crippen MR) is 101 cm³/mol. The molecule has 2 saturated heterocycles. The summed E-state index contributed by atoms with van der Waals surface area (Å²) in [6.45, 7) is 4.91. The third kappa shape index (κ3) is 6.76. The molecule has 150 valence electrons. The minimum absolute atomic E-state index is 0. The highest BCUT2D eigenvalue weighted by Crippen LogP contribution is 2.21. The molecule has 0 aromatic rings. The van der Waals surface area contributed by atoms with E-state index in [1.807, 2.05) is 0 Å². The lowest BCUT2D eigenvalue weighted by molar-refractivity contribution is -0.144. The molecule has 1 unspecified atom stereocenters. The molecule has 2 rings (SSSR count). The summed E-state index contributed by atoms with van der Waals surface area (Å²) in [4.78, 5) is 37.7. The van der Waals surface area contributed by atoms with Gasteiger partial charge >= 0.3 is 5.97 Å². The Labute approximate surface area is 161 Å². The number of likely N-dealkylation sites (tertiary alicyclic amines) is 1. The number of nitrogens with one attached hydrogen (secondary N) is 2. The van der Waals surface area contributed by atoms with Gasteiger partial charge < -0.3 is 20.6 Å². The van der Waals surface area contributed by atoms with Crippen LogP contribution in [-0.4, -0.2) is 60.0 Å².